The Bertz CT molecular complexity index is 410. The van der Waals surface area contributed by atoms with Gasteiger partial charge in [0.05, 0.1) is 6.54 Å². The summed E-state index contributed by atoms with van der Waals surface area (Å²) in [6.45, 7) is 7.62. The maximum atomic E-state index is 5.41. The van der Waals surface area contributed by atoms with Gasteiger partial charge < -0.3 is 9.84 Å². The first-order valence-corrected chi connectivity index (χ1v) is 8.10. The van der Waals surface area contributed by atoms with Crippen LogP contribution in [0.3, 0.4) is 0 Å². The van der Waals surface area contributed by atoms with Gasteiger partial charge in [0.1, 0.15) is 0 Å². The van der Waals surface area contributed by atoms with Gasteiger partial charge in [-0.25, -0.2) is 0 Å². The summed E-state index contributed by atoms with van der Waals surface area (Å²) in [4.78, 5) is 7.03. The zero-order valence-electron chi connectivity index (χ0n) is 12.5. The van der Waals surface area contributed by atoms with E-state index in [0.29, 0.717) is 5.92 Å². The van der Waals surface area contributed by atoms with Crippen LogP contribution in [0.25, 0.3) is 0 Å². The molecule has 0 radical (unpaired) electrons. The topological polar surface area (TPSA) is 54.2 Å². The third kappa shape index (κ3) is 3.79. The summed E-state index contributed by atoms with van der Waals surface area (Å²) in [5.74, 6) is 3.07. The second-order valence-electron chi connectivity index (χ2n) is 6.27. The molecule has 1 aliphatic heterocycles. The summed E-state index contributed by atoms with van der Waals surface area (Å²) >= 11 is 0. The van der Waals surface area contributed by atoms with Crippen molar-refractivity contribution in [3.8, 4) is 0 Å². The monoisotopic (exact) mass is 278 g/mol. The van der Waals surface area contributed by atoms with E-state index in [4.69, 9.17) is 4.52 Å². The van der Waals surface area contributed by atoms with Gasteiger partial charge in [0, 0.05) is 12.5 Å². The van der Waals surface area contributed by atoms with Crippen LogP contribution in [-0.4, -0.2) is 41.2 Å². The summed E-state index contributed by atoms with van der Waals surface area (Å²) in [5, 5.41) is 7.61. The number of rotatable bonds is 7. The molecule has 1 saturated heterocycles. The van der Waals surface area contributed by atoms with Gasteiger partial charge in [-0.15, -0.1) is 0 Å². The standard InChI is InChI=1S/C15H26N4O/c1-2-8-19(10-12-4-3-7-16-9-12)11-14-17-15(18-20-14)13-5-6-13/h12-13,16H,2-11H2,1H3. The molecule has 5 heteroatoms. The molecule has 1 atom stereocenters. The third-order valence-corrected chi connectivity index (χ3v) is 4.24. The number of hydrogen-bond donors (Lipinski definition) is 1. The van der Waals surface area contributed by atoms with Crippen molar-refractivity contribution in [3.63, 3.8) is 0 Å². The minimum absolute atomic E-state index is 0.578. The molecule has 2 fully saturated rings. The van der Waals surface area contributed by atoms with Crippen LogP contribution in [0.15, 0.2) is 4.52 Å². The molecule has 0 amide bonds. The van der Waals surface area contributed by atoms with Gasteiger partial charge in [-0.1, -0.05) is 12.1 Å². The van der Waals surface area contributed by atoms with Crippen LogP contribution in [0.4, 0.5) is 0 Å². The molecule has 20 heavy (non-hydrogen) atoms. The van der Waals surface area contributed by atoms with E-state index in [1.807, 2.05) is 0 Å². The van der Waals surface area contributed by atoms with E-state index in [0.717, 1.165) is 43.8 Å². The Kier molecular flexibility index (Phi) is 4.68. The highest BCUT2D eigenvalue weighted by Crippen LogP contribution is 2.38. The molecule has 2 aliphatic rings. The van der Waals surface area contributed by atoms with E-state index < -0.39 is 0 Å². The lowest BCUT2D eigenvalue weighted by Gasteiger charge is -2.29. The average molecular weight is 278 g/mol. The van der Waals surface area contributed by atoms with E-state index >= 15 is 0 Å². The highest BCUT2D eigenvalue weighted by Gasteiger charge is 2.29. The van der Waals surface area contributed by atoms with Crippen LogP contribution in [0.2, 0.25) is 0 Å². The third-order valence-electron chi connectivity index (χ3n) is 4.24. The molecule has 1 saturated carbocycles. The first kappa shape index (κ1) is 14.0. The molecule has 1 aliphatic carbocycles. The van der Waals surface area contributed by atoms with Crippen molar-refractivity contribution in [3.05, 3.63) is 11.7 Å². The summed E-state index contributed by atoms with van der Waals surface area (Å²) in [6, 6.07) is 0. The summed E-state index contributed by atoms with van der Waals surface area (Å²) < 4.78 is 5.41. The highest BCUT2D eigenvalue weighted by atomic mass is 16.5. The van der Waals surface area contributed by atoms with Crippen molar-refractivity contribution in [1.29, 1.82) is 0 Å². The SMILES string of the molecule is CCCN(Cc1nc(C2CC2)no1)CC1CCCNC1. The first-order valence-electron chi connectivity index (χ1n) is 8.10. The Hall–Kier alpha value is -0.940. The van der Waals surface area contributed by atoms with Gasteiger partial charge in [-0.05, 0) is 57.7 Å². The molecular formula is C15H26N4O. The number of aromatic nitrogens is 2. The molecular weight excluding hydrogens is 252 g/mol. The van der Waals surface area contributed by atoms with Gasteiger partial charge in [-0.2, -0.15) is 4.98 Å². The zero-order chi connectivity index (χ0) is 13.8. The molecule has 0 spiro atoms. The molecule has 0 bridgehead atoms. The van der Waals surface area contributed by atoms with E-state index in [-0.39, 0.29) is 0 Å². The zero-order valence-corrected chi connectivity index (χ0v) is 12.5. The van der Waals surface area contributed by atoms with Crippen LogP contribution in [0.1, 0.15) is 56.7 Å². The van der Waals surface area contributed by atoms with Gasteiger partial charge in [0.15, 0.2) is 5.82 Å². The fourth-order valence-corrected chi connectivity index (χ4v) is 3.03. The summed E-state index contributed by atoms with van der Waals surface area (Å²) in [7, 11) is 0. The minimum Gasteiger partial charge on any atom is -0.338 e. The van der Waals surface area contributed by atoms with E-state index in [1.165, 1.54) is 38.6 Å². The first-order chi connectivity index (χ1) is 9.85. The lowest BCUT2D eigenvalue weighted by Crippen LogP contribution is -2.38. The summed E-state index contributed by atoms with van der Waals surface area (Å²) in [5.41, 5.74) is 0. The molecule has 1 aromatic heterocycles. The van der Waals surface area contributed by atoms with Crippen molar-refractivity contribution >= 4 is 0 Å². The molecule has 0 aromatic carbocycles. The molecule has 1 unspecified atom stereocenters. The normalized spacial score (nSPS) is 23.4. The smallest absolute Gasteiger partial charge is 0.240 e. The lowest BCUT2D eigenvalue weighted by molar-refractivity contribution is 0.180. The van der Waals surface area contributed by atoms with Crippen molar-refractivity contribution < 1.29 is 4.52 Å². The fourth-order valence-electron chi connectivity index (χ4n) is 3.03. The number of nitrogens with zero attached hydrogens (tertiary/aromatic N) is 3. The predicted molar refractivity (Wildman–Crippen MR) is 77.4 cm³/mol. The van der Waals surface area contributed by atoms with Crippen LogP contribution in [-0.2, 0) is 6.54 Å². The predicted octanol–water partition coefficient (Wildman–Crippen LogP) is 2.16. The summed E-state index contributed by atoms with van der Waals surface area (Å²) in [6.07, 6.45) is 6.27. The molecule has 5 nitrogen and oxygen atoms in total. The lowest BCUT2D eigenvalue weighted by atomic mass is 9.99. The fraction of sp³-hybridized carbons (Fsp3) is 0.867. The maximum Gasteiger partial charge on any atom is 0.240 e. The molecule has 2 heterocycles. The van der Waals surface area contributed by atoms with E-state index in [2.05, 4.69) is 27.3 Å². The number of piperidine rings is 1. The number of hydrogen-bond acceptors (Lipinski definition) is 5. The van der Waals surface area contributed by atoms with Crippen LogP contribution < -0.4 is 5.32 Å². The average Bonchev–Trinajstić information content (AvgIpc) is 3.21. The molecule has 1 N–H and O–H groups in total. The van der Waals surface area contributed by atoms with E-state index in [1.54, 1.807) is 0 Å². The van der Waals surface area contributed by atoms with Crippen molar-refractivity contribution in [1.82, 2.24) is 20.4 Å². The second-order valence-corrected chi connectivity index (χ2v) is 6.27. The van der Waals surface area contributed by atoms with E-state index in [9.17, 15) is 0 Å². The molecule has 112 valence electrons. The van der Waals surface area contributed by atoms with Crippen molar-refractivity contribution in [2.75, 3.05) is 26.2 Å². The van der Waals surface area contributed by atoms with Crippen LogP contribution in [0, 0.1) is 5.92 Å². The van der Waals surface area contributed by atoms with Gasteiger partial charge in [0.25, 0.3) is 0 Å². The van der Waals surface area contributed by atoms with Gasteiger partial charge >= 0.3 is 0 Å². The Morgan fingerprint density at radius 1 is 1.35 bits per heavy atom. The second kappa shape index (κ2) is 6.68. The highest BCUT2D eigenvalue weighted by molar-refractivity contribution is 5.03. The quantitative estimate of drug-likeness (QED) is 0.828. The van der Waals surface area contributed by atoms with Crippen LogP contribution >= 0.6 is 0 Å². The molecule has 1 aromatic rings. The Balaban J connectivity index is 1.54. The van der Waals surface area contributed by atoms with Gasteiger partial charge in [0.2, 0.25) is 5.89 Å². The largest absolute Gasteiger partial charge is 0.338 e. The Labute approximate surface area is 121 Å². The molecule has 3 rings (SSSR count). The van der Waals surface area contributed by atoms with Crippen LogP contribution in [0.5, 0.6) is 0 Å². The maximum absolute atomic E-state index is 5.41. The number of nitrogens with one attached hydrogen (secondary N) is 1. The van der Waals surface area contributed by atoms with Crippen molar-refractivity contribution in [2.45, 2.75) is 51.5 Å². The minimum atomic E-state index is 0.578. The van der Waals surface area contributed by atoms with Crippen molar-refractivity contribution in [2.24, 2.45) is 5.92 Å². The van der Waals surface area contributed by atoms with Gasteiger partial charge in [-0.3, -0.25) is 4.90 Å². The Morgan fingerprint density at radius 2 is 2.25 bits per heavy atom. The Morgan fingerprint density at radius 3 is 2.95 bits per heavy atom.